The summed E-state index contributed by atoms with van der Waals surface area (Å²) in [6, 6.07) is 0.0185. The Morgan fingerprint density at radius 1 is 1.71 bits per heavy atom. The third-order valence-corrected chi connectivity index (χ3v) is 0.724. The molecule has 0 aliphatic rings. The molecule has 0 saturated heterocycles. The largest absolute Gasteiger partial charge is 0.315 e. The maximum atomic E-state index is 11.3. The van der Waals surface area contributed by atoms with Crippen molar-refractivity contribution in [2.24, 2.45) is 0 Å². The van der Waals surface area contributed by atoms with Gasteiger partial charge in [0.1, 0.15) is 6.67 Å². The molecule has 0 aromatic heterocycles. The molecule has 0 aromatic rings. The molecule has 0 spiro atoms. The van der Waals surface area contributed by atoms with Crippen molar-refractivity contribution in [1.82, 2.24) is 5.32 Å². The van der Waals surface area contributed by atoms with E-state index in [0.717, 1.165) is 0 Å². The van der Waals surface area contributed by atoms with Crippen LogP contribution in [0.2, 0.25) is 0 Å². The molecule has 0 rings (SSSR count). The summed E-state index contributed by atoms with van der Waals surface area (Å²) in [6.45, 7) is 1.51. The zero-order chi connectivity index (χ0) is 4.99. The Kier molecular flexibility index (Phi) is 9.02. The highest BCUT2D eigenvalue weighted by Gasteiger charge is 1.90. The van der Waals surface area contributed by atoms with E-state index in [2.05, 4.69) is 5.32 Å². The molecule has 0 heterocycles. The first-order valence-corrected chi connectivity index (χ1v) is 2.04. The molecule has 0 amide bonds. The fraction of sp³-hybridized carbons (Fsp3) is 1.00. The molecule has 0 unspecified atom stereocenters. The van der Waals surface area contributed by atoms with E-state index < -0.39 is 0 Å². The molecule has 1 N–H and O–H groups in total. The highest BCUT2D eigenvalue weighted by Crippen LogP contribution is 1.76. The average molecular weight is 128 g/mol. The van der Waals surface area contributed by atoms with Gasteiger partial charge in [-0.2, -0.15) is 0 Å². The molecule has 1 nitrogen and oxygen atoms in total. The molecule has 0 radical (unpaired) electrons. The quantitative estimate of drug-likeness (QED) is 0.583. The molecule has 0 saturated carbocycles. The summed E-state index contributed by atoms with van der Waals surface area (Å²) in [5.74, 6) is 0. The van der Waals surface area contributed by atoms with Crippen LogP contribution in [0.15, 0.2) is 0 Å². The Bertz CT molecular complexity index is 30.9. The zero-order valence-corrected chi connectivity index (χ0v) is 5.39. The molecule has 3 heteroatoms. The van der Waals surface area contributed by atoms with Crippen LogP contribution in [0.25, 0.3) is 0 Å². The van der Waals surface area contributed by atoms with Crippen LogP contribution in [-0.4, -0.2) is 19.8 Å². The van der Waals surface area contributed by atoms with Crippen LogP contribution in [0.4, 0.5) is 4.39 Å². The van der Waals surface area contributed by atoms with Crippen LogP contribution in [0, 0.1) is 0 Å². The number of nitrogens with one attached hydrogen (secondary N) is 1. The fourth-order valence-electron chi connectivity index (χ4n) is 0.0772. The minimum atomic E-state index is -0.281. The molecule has 0 fully saturated rings. The standard InChI is InChI=1S/C4H10FN.ClH/c1-4(3-5)6-2;/h4,6H,3H2,1-2H3;1H/t4-;/m1./s1. The molecule has 1 atom stereocenters. The number of hydrogen-bond donors (Lipinski definition) is 1. The minimum absolute atomic E-state index is 0. The smallest absolute Gasteiger partial charge is 0.104 e. The van der Waals surface area contributed by atoms with Gasteiger partial charge in [-0.1, -0.05) is 0 Å². The third-order valence-electron chi connectivity index (χ3n) is 0.724. The van der Waals surface area contributed by atoms with E-state index in [9.17, 15) is 4.39 Å². The maximum absolute atomic E-state index is 11.3. The van der Waals surface area contributed by atoms with E-state index in [1.807, 2.05) is 0 Å². The lowest BCUT2D eigenvalue weighted by Gasteiger charge is -1.99. The fourth-order valence-corrected chi connectivity index (χ4v) is 0.0772. The average Bonchev–Trinajstić information content (AvgIpc) is 1.65. The lowest BCUT2D eigenvalue weighted by atomic mass is 10.4. The lowest BCUT2D eigenvalue weighted by Crippen LogP contribution is -2.22. The highest BCUT2D eigenvalue weighted by atomic mass is 35.5. The molecule has 7 heavy (non-hydrogen) atoms. The van der Waals surface area contributed by atoms with Crippen molar-refractivity contribution in [3.8, 4) is 0 Å². The molecule has 0 bridgehead atoms. The zero-order valence-electron chi connectivity index (χ0n) is 4.57. The summed E-state index contributed by atoms with van der Waals surface area (Å²) in [6.07, 6.45) is 0. The summed E-state index contributed by atoms with van der Waals surface area (Å²) in [4.78, 5) is 0. The van der Waals surface area contributed by atoms with E-state index >= 15 is 0 Å². The Morgan fingerprint density at radius 3 is 2.14 bits per heavy atom. The van der Waals surface area contributed by atoms with Gasteiger partial charge >= 0.3 is 0 Å². The molecular weight excluding hydrogens is 117 g/mol. The van der Waals surface area contributed by atoms with Crippen molar-refractivity contribution in [3.05, 3.63) is 0 Å². The van der Waals surface area contributed by atoms with Gasteiger partial charge in [0, 0.05) is 6.04 Å². The van der Waals surface area contributed by atoms with Gasteiger partial charge in [-0.05, 0) is 14.0 Å². The highest BCUT2D eigenvalue weighted by molar-refractivity contribution is 5.85. The van der Waals surface area contributed by atoms with Gasteiger partial charge in [0.25, 0.3) is 0 Å². The van der Waals surface area contributed by atoms with Crippen molar-refractivity contribution < 1.29 is 4.39 Å². The van der Waals surface area contributed by atoms with Crippen molar-refractivity contribution in [2.45, 2.75) is 13.0 Å². The summed E-state index contributed by atoms with van der Waals surface area (Å²) < 4.78 is 11.3. The maximum Gasteiger partial charge on any atom is 0.104 e. The Labute approximate surface area is 49.7 Å². The lowest BCUT2D eigenvalue weighted by molar-refractivity contribution is 0.410. The van der Waals surface area contributed by atoms with Crippen molar-refractivity contribution in [3.63, 3.8) is 0 Å². The van der Waals surface area contributed by atoms with E-state index in [1.54, 1.807) is 14.0 Å². The molecule has 0 aromatic carbocycles. The second kappa shape index (κ2) is 6.18. The van der Waals surface area contributed by atoms with Crippen molar-refractivity contribution in [1.29, 1.82) is 0 Å². The summed E-state index contributed by atoms with van der Waals surface area (Å²) in [5, 5.41) is 2.74. The molecule has 0 aliphatic heterocycles. The van der Waals surface area contributed by atoms with Gasteiger partial charge in [-0.15, -0.1) is 12.4 Å². The van der Waals surface area contributed by atoms with Gasteiger partial charge < -0.3 is 5.32 Å². The van der Waals surface area contributed by atoms with Gasteiger partial charge in [0.05, 0.1) is 0 Å². The van der Waals surface area contributed by atoms with Crippen molar-refractivity contribution >= 4 is 12.4 Å². The van der Waals surface area contributed by atoms with Gasteiger partial charge in [0.2, 0.25) is 0 Å². The first-order valence-electron chi connectivity index (χ1n) is 2.04. The van der Waals surface area contributed by atoms with Crippen LogP contribution < -0.4 is 5.32 Å². The topological polar surface area (TPSA) is 12.0 Å². The Hall–Kier alpha value is 0.180. The van der Waals surface area contributed by atoms with Crippen LogP contribution in [0.5, 0.6) is 0 Å². The van der Waals surface area contributed by atoms with Crippen LogP contribution >= 0.6 is 12.4 Å². The number of rotatable bonds is 2. The molecular formula is C4H11ClFN. The summed E-state index contributed by atoms with van der Waals surface area (Å²) in [7, 11) is 1.74. The van der Waals surface area contributed by atoms with Gasteiger partial charge in [-0.25, -0.2) is 4.39 Å². The number of halogens is 2. The normalized spacial score (nSPS) is 12.4. The predicted octanol–water partition coefficient (Wildman–Crippen LogP) is 0.986. The van der Waals surface area contributed by atoms with Gasteiger partial charge in [-0.3, -0.25) is 0 Å². The molecule has 46 valence electrons. The predicted molar refractivity (Wildman–Crippen MR) is 31.7 cm³/mol. The Balaban J connectivity index is 0. The third kappa shape index (κ3) is 6.18. The van der Waals surface area contributed by atoms with Crippen LogP contribution in [0.3, 0.4) is 0 Å². The number of alkyl halides is 1. The van der Waals surface area contributed by atoms with Gasteiger partial charge in [0.15, 0.2) is 0 Å². The monoisotopic (exact) mass is 127 g/mol. The van der Waals surface area contributed by atoms with E-state index in [-0.39, 0.29) is 25.1 Å². The minimum Gasteiger partial charge on any atom is -0.315 e. The van der Waals surface area contributed by atoms with E-state index in [4.69, 9.17) is 0 Å². The second-order valence-electron chi connectivity index (χ2n) is 1.34. The summed E-state index contributed by atoms with van der Waals surface area (Å²) in [5.41, 5.74) is 0. The molecule has 0 aliphatic carbocycles. The second-order valence-corrected chi connectivity index (χ2v) is 1.34. The van der Waals surface area contributed by atoms with E-state index in [1.165, 1.54) is 0 Å². The van der Waals surface area contributed by atoms with E-state index in [0.29, 0.717) is 0 Å². The van der Waals surface area contributed by atoms with Crippen LogP contribution in [-0.2, 0) is 0 Å². The SMILES string of the molecule is CN[C@H](C)CF.Cl. The first kappa shape index (κ1) is 10.2. The Morgan fingerprint density at radius 2 is 2.14 bits per heavy atom. The number of hydrogen-bond acceptors (Lipinski definition) is 1. The van der Waals surface area contributed by atoms with Crippen molar-refractivity contribution in [2.75, 3.05) is 13.7 Å². The van der Waals surface area contributed by atoms with Crippen LogP contribution in [0.1, 0.15) is 6.92 Å². The first-order chi connectivity index (χ1) is 2.81. The summed E-state index contributed by atoms with van der Waals surface area (Å²) >= 11 is 0.